The zero-order chi connectivity index (χ0) is 13.7. The second kappa shape index (κ2) is 7.55. The molecule has 0 aliphatic carbocycles. The van der Waals surface area contributed by atoms with E-state index < -0.39 is 0 Å². The number of thioether (sulfide) groups is 1. The number of hydrogen-bond acceptors (Lipinski definition) is 2. The van der Waals surface area contributed by atoms with Crippen LogP contribution in [0, 0.1) is 0 Å². The number of carbonyl (C=O) groups is 1. The van der Waals surface area contributed by atoms with Gasteiger partial charge in [-0.05, 0) is 37.0 Å². The minimum Gasteiger partial charge on any atom is -0.342 e. The summed E-state index contributed by atoms with van der Waals surface area (Å²) in [4.78, 5) is 14.0. The summed E-state index contributed by atoms with van der Waals surface area (Å²) in [5.74, 6) is 1.59. The van der Waals surface area contributed by atoms with Crippen LogP contribution in [-0.2, 0) is 10.5 Å². The Morgan fingerprint density at radius 2 is 2.05 bits per heavy atom. The number of nitrogens with zero attached hydrogens (tertiary/aromatic N) is 1. The lowest BCUT2D eigenvalue weighted by molar-refractivity contribution is -0.129. The van der Waals surface area contributed by atoms with Crippen LogP contribution in [0.15, 0.2) is 22.7 Å². The van der Waals surface area contributed by atoms with Gasteiger partial charge in [-0.1, -0.05) is 33.6 Å². The molecular weight excluding hydrogens is 346 g/mol. The van der Waals surface area contributed by atoms with Gasteiger partial charge in [0.05, 0.1) is 5.75 Å². The van der Waals surface area contributed by atoms with Gasteiger partial charge in [0.2, 0.25) is 5.91 Å². The minimum atomic E-state index is 0.262. The van der Waals surface area contributed by atoms with Crippen LogP contribution in [0.25, 0.3) is 0 Å². The Balaban J connectivity index is 1.78. The predicted molar refractivity (Wildman–Crippen MR) is 85.7 cm³/mol. The Labute approximate surface area is 132 Å². The van der Waals surface area contributed by atoms with E-state index in [-0.39, 0.29) is 5.91 Å². The normalized spacial score (nSPS) is 15.6. The summed E-state index contributed by atoms with van der Waals surface area (Å²) < 4.78 is 0.982. The molecule has 2 rings (SSSR count). The topological polar surface area (TPSA) is 20.3 Å². The molecule has 0 unspecified atom stereocenters. The van der Waals surface area contributed by atoms with Crippen molar-refractivity contribution in [1.29, 1.82) is 0 Å². The van der Waals surface area contributed by atoms with Crippen molar-refractivity contribution in [3.05, 3.63) is 33.3 Å². The highest BCUT2D eigenvalue weighted by Gasteiger charge is 2.16. The molecule has 0 atom stereocenters. The Bertz CT molecular complexity index is 449. The Hall–Kier alpha value is -0.190. The van der Waals surface area contributed by atoms with Crippen molar-refractivity contribution in [1.82, 2.24) is 4.90 Å². The fourth-order valence-electron chi connectivity index (χ4n) is 2.12. The SMILES string of the molecule is O=C(CSCc1ccc(Br)cc1Cl)N1CCCCC1. The molecule has 2 nitrogen and oxygen atoms in total. The van der Waals surface area contributed by atoms with Gasteiger partial charge < -0.3 is 4.90 Å². The van der Waals surface area contributed by atoms with E-state index in [4.69, 9.17) is 11.6 Å². The lowest BCUT2D eigenvalue weighted by Gasteiger charge is -2.26. The van der Waals surface area contributed by atoms with E-state index in [1.807, 2.05) is 23.1 Å². The van der Waals surface area contributed by atoms with Crippen molar-refractivity contribution in [3.63, 3.8) is 0 Å². The standard InChI is InChI=1S/C14H17BrClNOS/c15-12-5-4-11(13(16)8-12)9-19-10-14(18)17-6-2-1-3-7-17/h4-5,8H,1-3,6-7,9-10H2. The van der Waals surface area contributed by atoms with Crippen molar-refractivity contribution in [3.8, 4) is 0 Å². The molecule has 0 radical (unpaired) electrons. The maximum Gasteiger partial charge on any atom is 0.232 e. The minimum absolute atomic E-state index is 0.262. The summed E-state index contributed by atoms with van der Waals surface area (Å²) in [6.45, 7) is 1.86. The molecular formula is C14H17BrClNOS. The van der Waals surface area contributed by atoms with E-state index in [2.05, 4.69) is 15.9 Å². The van der Waals surface area contributed by atoms with Gasteiger partial charge in [-0.3, -0.25) is 4.79 Å². The smallest absolute Gasteiger partial charge is 0.232 e. The van der Waals surface area contributed by atoms with E-state index in [9.17, 15) is 4.79 Å². The Morgan fingerprint density at radius 1 is 1.32 bits per heavy atom. The number of benzene rings is 1. The Kier molecular flexibility index (Phi) is 6.05. The van der Waals surface area contributed by atoms with Crippen LogP contribution in [-0.4, -0.2) is 29.6 Å². The molecule has 1 aromatic carbocycles. The molecule has 1 saturated heterocycles. The van der Waals surface area contributed by atoms with Crippen molar-refractivity contribution < 1.29 is 4.79 Å². The number of hydrogen-bond donors (Lipinski definition) is 0. The van der Waals surface area contributed by atoms with E-state index in [0.717, 1.165) is 46.7 Å². The highest BCUT2D eigenvalue weighted by molar-refractivity contribution is 9.10. The van der Waals surface area contributed by atoms with Gasteiger partial charge >= 0.3 is 0 Å². The average Bonchev–Trinajstić information content (AvgIpc) is 2.42. The van der Waals surface area contributed by atoms with Gasteiger partial charge in [0.15, 0.2) is 0 Å². The van der Waals surface area contributed by atoms with Gasteiger partial charge in [0.1, 0.15) is 0 Å². The largest absolute Gasteiger partial charge is 0.342 e. The monoisotopic (exact) mass is 361 g/mol. The molecule has 1 amide bonds. The van der Waals surface area contributed by atoms with Gasteiger partial charge in [-0.2, -0.15) is 0 Å². The second-order valence-electron chi connectivity index (χ2n) is 4.67. The molecule has 0 saturated carbocycles. The number of carbonyl (C=O) groups excluding carboxylic acids is 1. The maximum absolute atomic E-state index is 12.0. The van der Waals surface area contributed by atoms with Crippen molar-refractivity contribution in [2.24, 2.45) is 0 Å². The molecule has 0 aromatic heterocycles. The molecule has 1 aromatic rings. The van der Waals surface area contributed by atoms with Crippen LogP contribution in [0.3, 0.4) is 0 Å². The molecule has 19 heavy (non-hydrogen) atoms. The predicted octanol–water partition coefficient (Wildman–Crippen LogP) is 4.35. The summed E-state index contributed by atoms with van der Waals surface area (Å²) in [5.41, 5.74) is 1.08. The van der Waals surface area contributed by atoms with Crippen LogP contribution in [0.2, 0.25) is 5.02 Å². The van der Waals surface area contributed by atoms with Gasteiger partial charge in [-0.25, -0.2) is 0 Å². The third-order valence-electron chi connectivity index (χ3n) is 3.21. The second-order valence-corrected chi connectivity index (χ2v) is 6.98. The first-order valence-corrected chi connectivity index (χ1v) is 8.79. The molecule has 1 aliphatic heterocycles. The van der Waals surface area contributed by atoms with E-state index in [1.165, 1.54) is 6.42 Å². The molecule has 104 valence electrons. The number of likely N-dealkylation sites (tertiary alicyclic amines) is 1. The zero-order valence-corrected chi connectivity index (χ0v) is 13.9. The lowest BCUT2D eigenvalue weighted by Crippen LogP contribution is -2.36. The molecule has 0 spiro atoms. The van der Waals surface area contributed by atoms with E-state index in [1.54, 1.807) is 11.8 Å². The number of amides is 1. The van der Waals surface area contributed by atoms with Gasteiger partial charge in [0.25, 0.3) is 0 Å². The van der Waals surface area contributed by atoms with Crippen molar-refractivity contribution >= 4 is 45.2 Å². The van der Waals surface area contributed by atoms with Crippen LogP contribution in [0.1, 0.15) is 24.8 Å². The summed E-state index contributed by atoms with van der Waals surface area (Å²) >= 11 is 11.2. The van der Waals surface area contributed by atoms with Crippen LogP contribution < -0.4 is 0 Å². The van der Waals surface area contributed by atoms with Crippen LogP contribution in [0.4, 0.5) is 0 Å². The lowest BCUT2D eigenvalue weighted by atomic mass is 10.1. The summed E-state index contributed by atoms with van der Waals surface area (Å²) in [5, 5.41) is 0.757. The number of piperidine rings is 1. The number of halogens is 2. The van der Waals surface area contributed by atoms with Gasteiger partial charge in [-0.15, -0.1) is 11.8 Å². The summed E-state index contributed by atoms with van der Waals surface area (Å²) in [6, 6.07) is 5.88. The summed E-state index contributed by atoms with van der Waals surface area (Å²) in [7, 11) is 0. The first kappa shape index (κ1) is 15.2. The Morgan fingerprint density at radius 3 is 2.74 bits per heavy atom. The highest BCUT2D eigenvalue weighted by Crippen LogP contribution is 2.25. The molecule has 1 fully saturated rings. The van der Waals surface area contributed by atoms with E-state index in [0.29, 0.717) is 5.75 Å². The van der Waals surface area contributed by atoms with Crippen molar-refractivity contribution in [2.45, 2.75) is 25.0 Å². The van der Waals surface area contributed by atoms with Crippen molar-refractivity contribution in [2.75, 3.05) is 18.8 Å². The highest BCUT2D eigenvalue weighted by atomic mass is 79.9. The fraction of sp³-hybridized carbons (Fsp3) is 0.500. The third kappa shape index (κ3) is 4.69. The molecule has 1 heterocycles. The summed E-state index contributed by atoms with van der Waals surface area (Å²) in [6.07, 6.45) is 3.55. The molecule has 5 heteroatoms. The molecule has 0 N–H and O–H groups in total. The van der Waals surface area contributed by atoms with Gasteiger partial charge in [0, 0.05) is 28.3 Å². The van der Waals surface area contributed by atoms with E-state index >= 15 is 0 Å². The molecule has 1 aliphatic rings. The quantitative estimate of drug-likeness (QED) is 0.793. The third-order valence-corrected chi connectivity index (χ3v) is 5.02. The zero-order valence-electron chi connectivity index (χ0n) is 10.7. The molecule has 0 bridgehead atoms. The number of rotatable bonds is 4. The fourth-order valence-corrected chi connectivity index (χ4v) is 3.87. The first-order valence-electron chi connectivity index (χ1n) is 6.46. The first-order chi connectivity index (χ1) is 9.16. The van der Waals surface area contributed by atoms with Crippen LogP contribution in [0.5, 0.6) is 0 Å². The van der Waals surface area contributed by atoms with Crippen LogP contribution >= 0.6 is 39.3 Å². The average molecular weight is 363 g/mol. The maximum atomic E-state index is 12.0.